The number of methoxy groups -OCH3 is 1. The third-order valence-electron chi connectivity index (χ3n) is 5.23. The zero-order valence-electron chi connectivity index (χ0n) is 17.4. The third-order valence-corrected chi connectivity index (χ3v) is 5.23. The number of hydrogen-bond donors (Lipinski definition) is 1. The van der Waals surface area contributed by atoms with Crippen LogP contribution in [0, 0.1) is 11.6 Å². The van der Waals surface area contributed by atoms with Crippen LogP contribution in [0.15, 0.2) is 55.0 Å². The third kappa shape index (κ3) is 4.77. The Morgan fingerprint density at radius 1 is 1.16 bits per heavy atom. The van der Waals surface area contributed by atoms with Gasteiger partial charge in [0.1, 0.15) is 17.5 Å². The number of rotatable bonds is 6. The molecule has 0 atom stereocenters. The van der Waals surface area contributed by atoms with Gasteiger partial charge in [-0.3, -0.25) is 9.78 Å². The first kappa shape index (κ1) is 21.5. The second-order valence-corrected chi connectivity index (χ2v) is 7.29. The summed E-state index contributed by atoms with van der Waals surface area (Å²) in [6.45, 7) is 1.27. The minimum Gasteiger partial charge on any atom is -0.487 e. The van der Waals surface area contributed by atoms with E-state index in [-0.39, 0.29) is 23.6 Å². The van der Waals surface area contributed by atoms with Crippen molar-refractivity contribution in [1.82, 2.24) is 9.97 Å². The van der Waals surface area contributed by atoms with Crippen molar-refractivity contribution in [1.29, 1.82) is 0 Å². The van der Waals surface area contributed by atoms with Crippen LogP contribution in [0.5, 0.6) is 11.6 Å². The molecule has 0 radical (unpaired) electrons. The van der Waals surface area contributed by atoms with E-state index in [1.54, 1.807) is 30.7 Å². The first-order valence-electron chi connectivity index (χ1n) is 10.2. The molecule has 0 unspecified atom stereocenters. The molecule has 1 N–H and O–H groups in total. The first-order valence-corrected chi connectivity index (χ1v) is 10.2. The molecule has 4 rings (SSSR count). The maximum absolute atomic E-state index is 13.9. The number of piperidine rings is 1. The zero-order chi connectivity index (χ0) is 22.5. The molecule has 9 heteroatoms. The van der Waals surface area contributed by atoms with Gasteiger partial charge in [0, 0.05) is 44.4 Å². The van der Waals surface area contributed by atoms with E-state index in [9.17, 15) is 13.6 Å². The number of halogens is 2. The maximum atomic E-state index is 13.9. The summed E-state index contributed by atoms with van der Waals surface area (Å²) < 4.78 is 37.9. The van der Waals surface area contributed by atoms with Crippen LogP contribution in [0.3, 0.4) is 0 Å². The Labute approximate surface area is 184 Å². The normalized spacial score (nSPS) is 14.2. The van der Waals surface area contributed by atoms with E-state index in [1.165, 1.54) is 19.2 Å². The van der Waals surface area contributed by atoms with E-state index < -0.39 is 11.6 Å². The number of anilines is 2. The zero-order valence-corrected chi connectivity index (χ0v) is 17.4. The topological polar surface area (TPSA) is 76.6 Å². The highest BCUT2D eigenvalue weighted by Crippen LogP contribution is 2.30. The van der Waals surface area contributed by atoms with Gasteiger partial charge in [-0.15, -0.1) is 0 Å². The predicted molar refractivity (Wildman–Crippen MR) is 115 cm³/mol. The lowest BCUT2D eigenvalue weighted by atomic mass is 10.1. The van der Waals surface area contributed by atoms with Crippen LogP contribution in [0.1, 0.15) is 23.2 Å². The molecule has 1 aliphatic rings. The summed E-state index contributed by atoms with van der Waals surface area (Å²) in [5.41, 5.74) is 1.70. The van der Waals surface area contributed by atoms with Gasteiger partial charge in [-0.05, 0) is 30.3 Å². The summed E-state index contributed by atoms with van der Waals surface area (Å²) in [7, 11) is 1.46. The van der Waals surface area contributed by atoms with Gasteiger partial charge in [-0.25, -0.2) is 13.8 Å². The molecule has 0 spiro atoms. The molecular weight excluding hydrogens is 418 g/mol. The van der Waals surface area contributed by atoms with Crippen molar-refractivity contribution in [3.63, 3.8) is 0 Å². The van der Waals surface area contributed by atoms with E-state index in [0.29, 0.717) is 37.2 Å². The Balaban J connectivity index is 1.43. The lowest BCUT2D eigenvalue weighted by molar-refractivity contribution is 0.102. The molecule has 0 bridgehead atoms. The van der Waals surface area contributed by atoms with Crippen molar-refractivity contribution < 1.29 is 23.0 Å². The largest absolute Gasteiger partial charge is 0.487 e. The second-order valence-electron chi connectivity index (χ2n) is 7.29. The van der Waals surface area contributed by atoms with Gasteiger partial charge in [0.2, 0.25) is 5.88 Å². The molecule has 32 heavy (non-hydrogen) atoms. The van der Waals surface area contributed by atoms with Crippen molar-refractivity contribution in [2.24, 2.45) is 0 Å². The summed E-state index contributed by atoms with van der Waals surface area (Å²) in [4.78, 5) is 23.1. The van der Waals surface area contributed by atoms with Crippen molar-refractivity contribution in [2.75, 3.05) is 30.4 Å². The number of nitrogens with zero attached hydrogens (tertiary/aromatic N) is 3. The Morgan fingerprint density at radius 3 is 2.72 bits per heavy atom. The summed E-state index contributed by atoms with van der Waals surface area (Å²) in [6.07, 6.45) is 5.89. The second kappa shape index (κ2) is 9.59. The minimum absolute atomic E-state index is 0.0483. The molecule has 3 aromatic rings. The molecule has 166 valence electrons. The van der Waals surface area contributed by atoms with E-state index in [0.717, 1.165) is 11.8 Å². The molecule has 1 fully saturated rings. The fraction of sp³-hybridized carbons (Fsp3) is 0.261. The maximum Gasteiger partial charge on any atom is 0.261 e. The van der Waals surface area contributed by atoms with Gasteiger partial charge in [0.05, 0.1) is 24.7 Å². The summed E-state index contributed by atoms with van der Waals surface area (Å²) in [5, 5.41) is 2.88. The number of carbonyl (C=O) groups excluding carboxylic acids is 1. The van der Waals surface area contributed by atoms with E-state index in [4.69, 9.17) is 9.47 Å². The molecule has 1 aromatic carbocycles. The molecule has 7 nitrogen and oxygen atoms in total. The fourth-order valence-electron chi connectivity index (χ4n) is 3.64. The SMILES string of the molecule is COc1ncccc1C(=O)Nc1cnccc1N1CCC(Oc2ccc(F)cc2F)CC1. The Hall–Kier alpha value is -3.75. The molecular formula is C23H22F2N4O3. The summed E-state index contributed by atoms with van der Waals surface area (Å²) in [5.74, 6) is -1.42. The van der Waals surface area contributed by atoms with Gasteiger partial charge >= 0.3 is 0 Å². The number of amides is 1. The quantitative estimate of drug-likeness (QED) is 0.623. The molecule has 1 amide bonds. The van der Waals surface area contributed by atoms with E-state index >= 15 is 0 Å². The van der Waals surface area contributed by atoms with Crippen LogP contribution in [0.2, 0.25) is 0 Å². The number of benzene rings is 1. The van der Waals surface area contributed by atoms with Crippen LogP contribution in [0.25, 0.3) is 0 Å². The van der Waals surface area contributed by atoms with Crippen molar-refractivity contribution >= 4 is 17.3 Å². The fourth-order valence-corrected chi connectivity index (χ4v) is 3.64. The van der Waals surface area contributed by atoms with Gasteiger partial charge in [-0.2, -0.15) is 0 Å². The highest BCUT2D eigenvalue weighted by molar-refractivity contribution is 6.07. The standard InChI is InChI=1S/C23H22F2N4O3/c1-31-23-17(3-2-9-27-23)22(30)28-19-14-26-10-6-20(19)29-11-7-16(8-12-29)32-21-5-4-15(24)13-18(21)25/h2-6,9-10,13-14,16H,7-8,11-12H2,1H3,(H,28,30). The molecule has 1 aliphatic heterocycles. The average molecular weight is 440 g/mol. The summed E-state index contributed by atoms with van der Waals surface area (Å²) >= 11 is 0. The van der Waals surface area contributed by atoms with Crippen molar-refractivity contribution in [3.8, 4) is 11.6 Å². The number of ether oxygens (including phenoxy) is 2. The van der Waals surface area contributed by atoms with Gasteiger partial charge in [0.15, 0.2) is 11.6 Å². The van der Waals surface area contributed by atoms with Gasteiger partial charge in [0.25, 0.3) is 5.91 Å². The minimum atomic E-state index is -0.711. The van der Waals surface area contributed by atoms with Crippen LogP contribution >= 0.6 is 0 Å². The van der Waals surface area contributed by atoms with Gasteiger partial charge < -0.3 is 19.7 Å². The molecule has 3 heterocycles. The van der Waals surface area contributed by atoms with Crippen molar-refractivity contribution in [2.45, 2.75) is 18.9 Å². The first-order chi connectivity index (χ1) is 15.5. The summed E-state index contributed by atoms with van der Waals surface area (Å²) in [6, 6.07) is 8.42. The molecule has 0 aliphatic carbocycles. The highest BCUT2D eigenvalue weighted by atomic mass is 19.1. The molecule has 1 saturated heterocycles. The van der Waals surface area contributed by atoms with Crippen LogP contribution in [-0.4, -0.2) is 42.2 Å². The van der Waals surface area contributed by atoms with Gasteiger partial charge in [-0.1, -0.05) is 0 Å². The monoisotopic (exact) mass is 440 g/mol. The lowest BCUT2D eigenvalue weighted by Crippen LogP contribution is -2.38. The number of carbonyl (C=O) groups is 1. The molecule has 0 saturated carbocycles. The number of pyridine rings is 2. The highest BCUT2D eigenvalue weighted by Gasteiger charge is 2.24. The van der Waals surface area contributed by atoms with E-state index in [2.05, 4.69) is 20.2 Å². The number of hydrogen-bond acceptors (Lipinski definition) is 6. The Kier molecular flexibility index (Phi) is 6.44. The van der Waals surface area contributed by atoms with E-state index in [1.807, 2.05) is 6.07 Å². The van der Waals surface area contributed by atoms with Crippen LogP contribution in [0.4, 0.5) is 20.2 Å². The lowest BCUT2D eigenvalue weighted by Gasteiger charge is -2.34. The van der Waals surface area contributed by atoms with Crippen LogP contribution in [-0.2, 0) is 0 Å². The Morgan fingerprint density at radius 2 is 1.97 bits per heavy atom. The number of nitrogens with one attached hydrogen (secondary N) is 1. The van der Waals surface area contributed by atoms with Crippen LogP contribution < -0.4 is 19.7 Å². The smallest absolute Gasteiger partial charge is 0.261 e. The predicted octanol–water partition coefficient (Wildman–Crippen LogP) is 4.06. The van der Waals surface area contributed by atoms with Crippen molar-refractivity contribution in [3.05, 3.63) is 72.2 Å². The number of aromatic nitrogens is 2. The average Bonchev–Trinajstić information content (AvgIpc) is 2.82. The molecule has 2 aromatic heterocycles. The Bertz CT molecular complexity index is 1100.